The van der Waals surface area contributed by atoms with Crippen molar-refractivity contribution in [2.75, 3.05) is 0 Å². The van der Waals surface area contributed by atoms with Gasteiger partial charge in [0.05, 0.1) is 5.52 Å². The summed E-state index contributed by atoms with van der Waals surface area (Å²) in [7, 11) is 0. The van der Waals surface area contributed by atoms with Crippen molar-refractivity contribution in [2.45, 2.75) is 0 Å². The van der Waals surface area contributed by atoms with Gasteiger partial charge < -0.3 is 0 Å². The van der Waals surface area contributed by atoms with Crippen LogP contribution in [0.3, 0.4) is 0 Å². The Morgan fingerprint density at radius 1 is 0.426 bits per heavy atom. The summed E-state index contributed by atoms with van der Waals surface area (Å²) in [4.78, 5) is 13.8. The van der Waals surface area contributed by atoms with E-state index in [2.05, 4.69) is 98.1 Å². The van der Waals surface area contributed by atoms with Gasteiger partial charge in [-0.3, -0.25) is 9.36 Å². The molecule has 0 atom stereocenters. The molecule has 0 aliphatic carbocycles. The first-order chi connectivity index (χ1) is 23.2. The van der Waals surface area contributed by atoms with E-state index in [1.807, 2.05) is 83.4 Å². The molecule has 0 aliphatic rings. The maximum atomic E-state index is 13.8. The van der Waals surface area contributed by atoms with Crippen LogP contribution in [-0.4, -0.2) is 4.57 Å². The summed E-state index contributed by atoms with van der Waals surface area (Å²) in [5.74, 6) is 0. The summed E-state index contributed by atoms with van der Waals surface area (Å²) >= 11 is 0. The minimum atomic E-state index is -0.0197. The Labute approximate surface area is 273 Å². The maximum absolute atomic E-state index is 13.8. The molecule has 47 heavy (non-hydrogen) atoms. The lowest BCUT2D eigenvalue weighted by molar-refractivity contribution is 1.06. The van der Waals surface area contributed by atoms with Crippen molar-refractivity contribution < 1.29 is 0 Å². The predicted molar refractivity (Wildman–Crippen MR) is 201 cm³/mol. The van der Waals surface area contributed by atoms with Crippen LogP contribution >= 0.6 is 0 Å². The van der Waals surface area contributed by atoms with Crippen molar-refractivity contribution in [3.8, 4) is 39.1 Å². The van der Waals surface area contributed by atoms with E-state index in [0.717, 1.165) is 77.3 Å². The molecule has 0 saturated carbocycles. The van der Waals surface area contributed by atoms with Crippen LogP contribution in [0.1, 0.15) is 11.1 Å². The minimum absolute atomic E-state index is 0.0197. The molecule has 7 aromatic carbocycles. The summed E-state index contributed by atoms with van der Waals surface area (Å²) in [5.41, 5.74) is 10.6. The number of hydrogen-bond acceptors (Lipinski definition) is 1. The number of rotatable bonds is 6. The van der Waals surface area contributed by atoms with Crippen molar-refractivity contribution in [1.29, 1.82) is 0 Å². The van der Waals surface area contributed by atoms with Gasteiger partial charge in [-0.25, -0.2) is 0 Å². The molecule has 0 saturated heterocycles. The molecular weight excluding hydrogens is 571 g/mol. The molecule has 2 heteroatoms. The summed E-state index contributed by atoms with van der Waals surface area (Å²) in [6.07, 6.45) is 3.92. The molecule has 0 unspecified atom stereocenters. The van der Waals surface area contributed by atoms with Crippen LogP contribution in [0.5, 0.6) is 0 Å². The molecule has 0 amide bonds. The first-order valence-electron chi connectivity index (χ1n) is 15.8. The monoisotopic (exact) mass is 601 g/mol. The normalized spacial score (nSPS) is 11.2. The van der Waals surface area contributed by atoms with Crippen molar-refractivity contribution >= 4 is 44.6 Å². The molecule has 0 spiro atoms. The number of fused-ring (bicyclic) bond motifs is 4. The fraction of sp³-hybridized carbons (Fsp3) is 0. The van der Waals surface area contributed by atoms with Crippen LogP contribution < -0.4 is 5.56 Å². The van der Waals surface area contributed by atoms with E-state index in [-0.39, 0.29) is 5.56 Å². The third kappa shape index (κ3) is 4.62. The van der Waals surface area contributed by atoms with Crippen LogP contribution in [0.25, 0.3) is 83.7 Å². The molecule has 222 valence electrons. The van der Waals surface area contributed by atoms with E-state index in [1.165, 1.54) is 0 Å². The molecule has 0 radical (unpaired) electrons. The Morgan fingerprint density at radius 3 is 1.51 bits per heavy atom. The van der Waals surface area contributed by atoms with E-state index >= 15 is 0 Å². The van der Waals surface area contributed by atoms with Gasteiger partial charge in [-0.1, -0.05) is 141 Å². The number of pyridine rings is 1. The Balaban J connectivity index is 1.45. The summed E-state index contributed by atoms with van der Waals surface area (Å²) < 4.78 is 1.83. The molecule has 8 aromatic rings. The van der Waals surface area contributed by atoms with E-state index in [1.54, 1.807) is 0 Å². The van der Waals surface area contributed by atoms with Gasteiger partial charge in [0, 0.05) is 16.5 Å². The minimum Gasteiger partial charge on any atom is -0.276 e. The molecule has 0 aliphatic heterocycles. The van der Waals surface area contributed by atoms with Gasteiger partial charge in [-0.15, -0.1) is 0 Å². The summed E-state index contributed by atoms with van der Waals surface area (Å²) in [5, 5.41) is 4.98. The molecule has 1 aromatic heterocycles. The number of nitrogens with zero attached hydrogens (tertiary/aromatic N) is 1. The van der Waals surface area contributed by atoms with Crippen LogP contribution in [0.2, 0.25) is 0 Å². The second-order valence-electron chi connectivity index (χ2n) is 11.7. The molecule has 0 fully saturated rings. The quantitative estimate of drug-likeness (QED) is 0.174. The Bertz CT molecular complexity index is 2540. The van der Waals surface area contributed by atoms with E-state index in [0.29, 0.717) is 5.39 Å². The Morgan fingerprint density at radius 2 is 0.915 bits per heavy atom. The fourth-order valence-corrected chi connectivity index (χ4v) is 7.06. The standard InChI is InChI=1S/C45H31NO/c1-3-35-36(4-2)44(31-18-10-6-11-19-31)41-29-32(24-26-38(41)43(35)30-16-8-5-9-17-30)33-25-27-42-40(28-33)37-22-14-15-23-39(37)45(47)46(42)34-20-12-7-13-21-34/h3-29H,1-2H2. The highest BCUT2D eigenvalue weighted by molar-refractivity contribution is 6.13. The van der Waals surface area contributed by atoms with E-state index < -0.39 is 0 Å². The number of benzene rings is 7. The molecule has 0 N–H and O–H groups in total. The summed E-state index contributed by atoms with van der Waals surface area (Å²) in [6, 6.07) is 52.0. The predicted octanol–water partition coefficient (Wildman–Crippen LogP) is 11.6. The maximum Gasteiger partial charge on any atom is 0.263 e. The van der Waals surface area contributed by atoms with E-state index in [4.69, 9.17) is 0 Å². The zero-order chi connectivity index (χ0) is 31.9. The van der Waals surface area contributed by atoms with Crippen LogP contribution in [0.4, 0.5) is 0 Å². The molecule has 2 nitrogen and oxygen atoms in total. The lowest BCUT2D eigenvalue weighted by Gasteiger charge is -2.21. The molecule has 0 bridgehead atoms. The lowest BCUT2D eigenvalue weighted by atomic mass is 9.82. The fourth-order valence-electron chi connectivity index (χ4n) is 7.06. The van der Waals surface area contributed by atoms with Gasteiger partial charge in [-0.05, 0) is 97.1 Å². The zero-order valence-corrected chi connectivity index (χ0v) is 25.9. The second-order valence-corrected chi connectivity index (χ2v) is 11.7. The topological polar surface area (TPSA) is 22.0 Å². The van der Waals surface area contributed by atoms with Crippen molar-refractivity contribution in [3.05, 3.63) is 186 Å². The third-order valence-electron chi connectivity index (χ3n) is 9.16. The van der Waals surface area contributed by atoms with Gasteiger partial charge in [0.15, 0.2) is 0 Å². The smallest absolute Gasteiger partial charge is 0.263 e. The van der Waals surface area contributed by atoms with Crippen molar-refractivity contribution in [2.24, 2.45) is 0 Å². The number of aromatic nitrogens is 1. The van der Waals surface area contributed by atoms with Crippen molar-refractivity contribution in [1.82, 2.24) is 4.57 Å². The molecule has 1 heterocycles. The zero-order valence-electron chi connectivity index (χ0n) is 25.9. The van der Waals surface area contributed by atoms with Gasteiger partial charge in [-0.2, -0.15) is 0 Å². The average Bonchev–Trinajstić information content (AvgIpc) is 3.14. The number of para-hydroxylation sites is 1. The molecule has 8 rings (SSSR count). The van der Waals surface area contributed by atoms with Crippen molar-refractivity contribution in [3.63, 3.8) is 0 Å². The Hall–Kier alpha value is -6.25. The van der Waals surface area contributed by atoms with Gasteiger partial charge in [0.1, 0.15) is 0 Å². The largest absolute Gasteiger partial charge is 0.276 e. The van der Waals surface area contributed by atoms with Gasteiger partial charge in [0.25, 0.3) is 5.56 Å². The van der Waals surface area contributed by atoms with E-state index in [9.17, 15) is 4.79 Å². The van der Waals surface area contributed by atoms with Gasteiger partial charge >= 0.3 is 0 Å². The summed E-state index contributed by atoms with van der Waals surface area (Å²) in [6.45, 7) is 8.53. The molecular formula is C45H31NO. The Kier molecular flexibility index (Phi) is 6.97. The highest BCUT2D eigenvalue weighted by atomic mass is 16.1. The highest BCUT2D eigenvalue weighted by Gasteiger charge is 2.20. The average molecular weight is 602 g/mol. The highest BCUT2D eigenvalue weighted by Crippen LogP contribution is 2.44. The lowest BCUT2D eigenvalue weighted by Crippen LogP contribution is -2.19. The van der Waals surface area contributed by atoms with Gasteiger partial charge in [0.2, 0.25) is 0 Å². The first kappa shape index (κ1) is 28.2. The van der Waals surface area contributed by atoms with Crippen LogP contribution in [-0.2, 0) is 0 Å². The van der Waals surface area contributed by atoms with Crippen LogP contribution in [0.15, 0.2) is 170 Å². The van der Waals surface area contributed by atoms with Crippen LogP contribution in [0, 0.1) is 0 Å². The first-order valence-corrected chi connectivity index (χ1v) is 15.8. The third-order valence-corrected chi connectivity index (χ3v) is 9.16. The SMILES string of the molecule is C=Cc1c(C=C)c(-c2ccccc2)c2cc(-c3ccc4c(c3)c3ccccc3c(=O)n4-c3ccccc3)ccc2c1-c1ccccc1. The number of hydrogen-bond donors (Lipinski definition) is 0. The second kappa shape index (κ2) is 11.6.